The number of esters is 1. The van der Waals surface area contributed by atoms with Crippen LogP contribution in [0, 0.1) is 11.3 Å². The number of carbonyl (C=O) groups is 2. The number of rotatable bonds is 4. The zero-order valence-corrected chi connectivity index (χ0v) is 13.7. The van der Waals surface area contributed by atoms with Crippen LogP contribution in [0.4, 0.5) is 5.69 Å². The SMILES string of the molecule is CCOC(=O)c1cc2cnc3c(NC(=O)C(C)C)cc(=N)c([nH]1)c23. The Morgan fingerprint density at radius 3 is 2.79 bits per heavy atom. The lowest BCUT2D eigenvalue weighted by Gasteiger charge is -2.10. The number of nitrogens with one attached hydrogen (secondary N) is 3. The molecule has 24 heavy (non-hydrogen) atoms. The molecule has 3 rings (SSSR count). The van der Waals surface area contributed by atoms with Gasteiger partial charge in [0.2, 0.25) is 5.91 Å². The summed E-state index contributed by atoms with van der Waals surface area (Å²) in [7, 11) is 0. The molecule has 1 amide bonds. The van der Waals surface area contributed by atoms with Crippen LogP contribution in [0.15, 0.2) is 18.3 Å². The fourth-order valence-electron chi connectivity index (χ4n) is 2.54. The summed E-state index contributed by atoms with van der Waals surface area (Å²) in [6.45, 7) is 5.60. The zero-order chi connectivity index (χ0) is 17.4. The van der Waals surface area contributed by atoms with Gasteiger partial charge in [-0.2, -0.15) is 0 Å². The number of amides is 1. The molecule has 3 N–H and O–H groups in total. The second kappa shape index (κ2) is 5.92. The number of hydrogen-bond donors (Lipinski definition) is 3. The first kappa shape index (κ1) is 15.9. The summed E-state index contributed by atoms with van der Waals surface area (Å²) in [6, 6.07) is 3.18. The van der Waals surface area contributed by atoms with Crippen LogP contribution in [0.5, 0.6) is 0 Å². The van der Waals surface area contributed by atoms with Gasteiger partial charge in [0.1, 0.15) is 5.69 Å². The van der Waals surface area contributed by atoms with Gasteiger partial charge >= 0.3 is 5.97 Å². The van der Waals surface area contributed by atoms with E-state index < -0.39 is 5.97 Å². The molecule has 0 unspecified atom stereocenters. The lowest BCUT2D eigenvalue weighted by atomic mass is 10.1. The molecule has 1 aromatic carbocycles. The van der Waals surface area contributed by atoms with Crippen molar-refractivity contribution in [1.82, 2.24) is 9.97 Å². The number of nitrogens with zero attached hydrogens (tertiary/aromatic N) is 1. The third-order valence-corrected chi connectivity index (χ3v) is 3.76. The summed E-state index contributed by atoms with van der Waals surface area (Å²) in [5.41, 5.74) is 1.85. The Morgan fingerprint density at radius 1 is 1.38 bits per heavy atom. The molecule has 0 radical (unpaired) electrons. The zero-order valence-electron chi connectivity index (χ0n) is 13.7. The second-order valence-corrected chi connectivity index (χ2v) is 5.83. The van der Waals surface area contributed by atoms with Gasteiger partial charge in [-0.3, -0.25) is 15.2 Å². The quantitative estimate of drug-likeness (QED) is 0.640. The van der Waals surface area contributed by atoms with E-state index in [0.717, 1.165) is 10.8 Å². The normalized spacial score (nSPS) is 11.3. The van der Waals surface area contributed by atoms with Gasteiger partial charge in [0.25, 0.3) is 0 Å². The Kier molecular flexibility index (Phi) is 3.92. The van der Waals surface area contributed by atoms with Crippen molar-refractivity contribution in [3.8, 4) is 0 Å². The van der Waals surface area contributed by atoms with Gasteiger partial charge in [-0.25, -0.2) is 4.79 Å². The van der Waals surface area contributed by atoms with Crippen molar-refractivity contribution in [2.45, 2.75) is 20.8 Å². The van der Waals surface area contributed by atoms with Gasteiger partial charge in [-0.15, -0.1) is 0 Å². The maximum absolute atomic E-state index is 12.0. The van der Waals surface area contributed by atoms with Crippen molar-refractivity contribution in [3.63, 3.8) is 0 Å². The summed E-state index contributed by atoms with van der Waals surface area (Å²) >= 11 is 0. The van der Waals surface area contributed by atoms with Gasteiger partial charge in [0, 0.05) is 22.9 Å². The van der Waals surface area contributed by atoms with Crippen molar-refractivity contribution in [2.24, 2.45) is 5.92 Å². The number of ether oxygens (including phenoxy) is 1. The van der Waals surface area contributed by atoms with Crippen LogP contribution in [0.2, 0.25) is 0 Å². The van der Waals surface area contributed by atoms with Crippen molar-refractivity contribution >= 4 is 39.4 Å². The van der Waals surface area contributed by atoms with Crippen LogP contribution < -0.4 is 10.7 Å². The number of hydrogen-bond acceptors (Lipinski definition) is 5. The van der Waals surface area contributed by atoms with Crippen LogP contribution in [0.1, 0.15) is 31.3 Å². The van der Waals surface area contributed by atoms with E-state index in [-0.39, 0.29) is 29.5 Å². The van der Waals surface area contributed by atoms with Crippen LogP contribution in [0.3, 0.4) is 0 Å². The van der Waals surface area contributed by atoms with Gasteiger partial charge < -0.3 is 15.0 Å². The molecule has 3 aromatic rings. The first-order chi connectivity index (χ1) is 11.4. The molecule has 0 atom stereocenters. The molecule has 124 valence electrons. The van der Waals surface area contributed by atoms with Gasteiger partial charge in [-0.05, 0) is 19.1 Å². The molecule has 0 bridgehead atoms. The fourth-order valence-corrected chi connectivity index (χ4v) is 2.54. The summed E-state index contributed by atoms with van der Waals surface area (Å²) in [5.74, 6) is -0.792. The van der Waals surface area contributed by atoms with Crippen molar-refractivity contribution in [3.05, 3.63) is 29.4 Å². The monoisotopic (exact) mass is 326 g/mol. The lowest BCUT2D eigenvalue weighted by molar-refractivity contribution is -0.118. The molecule has 0 saturated heterocycles. The molecule has 0 aliphatic rings. The average Bonchev–Trinajstić information content (AvgIpc) is 2.96. The summed E-state index contributed by atoms with van der Waals surface area (Å²) < 4.78 is 5.00. The van der Waals surface area contributed by atoms with Gasteiger partial charge in [-0.1, -0.05) is 13.8 Å². The van der Waals surface area contributed by atoms with E-state index in [9.17, 15) is 9.59 Å². The molecule has 0 aliphatic heterocycles. The highest BCUT2D eigenvalue weighted by Crippen LogP contribution is 2.29. The first-order valence-electron chi connectivity index (χ1n) is 7.73. The summed E-state index contributed by atoms with van der Waals surface area (Å²) in [6.07, 6.45) is 1.62. The molecule has 0 saturated carbocycles. The summed E-state index contributed by atoms with van der Waals surface area (Å²) in [4.78, 5) is 31.2. The third-order valence-electron chi connectivity index (χ3n) is 3.76. The number of aromatic amines is 1. The minimum Gasteiger partial charge on any atom is -0.461 e. The Bertz CT molecular complexity index is 991. The highest BCUT2D eigenvalue weighted by Gasteiger charge is 2.18. The number of benzene rings is 1. The highest BCUT2D eigenvalue weighted by molar-refractivity contribution is 6.15. The number of aromatic nitrogens is 2. The molecule has 0 aliphatic carbocycles. The molecule has 2 heterocycles. The minimum absolute atomic E-state index is 0.138. The second-order valence-electron chi connectivity index (χ2n) is 5.83. The maximum Gasteiger partial charge on any atom is 0.354 e. The molecule has 0 spiro atoms. The van der Waals surface area contributed by atoms with Gasteiger partial charge in [0.15, 0.2) is 0 Å². The molecular formula is C17H18N4O3. The minimum atomic E-state index is -0.478. The first-order valence-corrected chi connectivity index (χ1v) is 7.73. The highest BCUT2D eigenvalue weighted by atomic mass is 16.5. The maximum atomic E-state index is 12.0. The van der Waals surface area contributed by atoms with Crippen LogP contribution >= 0.6 is 0 Å². The van der Waals surface area contributed by atoms with E-state index in [2.05, 4.69) is 15.3 Å². The topological polar surface area (TPSA) is 108 Å². The average molecular weight is 326 g/mol. The smallest absolute Gasteiger partial charge is 0.354 e. The van der Waals surface area contributed by atoms with Crippen LogP contribution in [-0.4, -0.2) is 28.5 Å². The number of carbonyl (C=O) groups excluding carboxylic acids is 2. The predicted octanol–water partition coefficient (Wildman–Crippen LogP) is 2.40. The molecule has 7 heteroatoms. The van der Waals surface area contributed by atoms with Crippen molar-refractivity contribution in [1.29, 1.82) is 5.41 Å². The molecular weight excluding hydrogens is 308 g/mol. The Hall–Kier alpha value is -2.96. The van der Waals surface area contributed by atoms with E-state index in [0.29, 0.717) is 16.7 Å². The number of H-pyrrole nitrogens is 1. The Morgan fingerprint density at radius 2 is 2.12 bits per heavy atom. The molecule has 7 nitrogen and oxygen atoms in total. The molecule has 0 fully saturated rings. The summed E-state index contributed by atoms with van der Waals surface area (Å²) in [5, 5.41) is 12.6. The number of anilines is 1. The standard InChI is InChI=1S/C17H18N4O3/c1-4-24-17(23)12-5-9-7-19-15-11(21-16(22)8(2)3)6-10(18)14(20-12)13(9)15/h5-8,18,20H,4H2,1-3H3,(H,21,22). The lowest BCUT2D eigenvalue weighted by Crippen LogP contribution is -2.19. The third kappa shape index (κ3) is 2.58. The van der Waals surface area contributed by atoms with E-state index in [1.807, 2.05) is 0 Å². The van der Waals surface area contributed by atoms with Crippen molar-refractivity contribution < 1.29 is 14.3 Å². The van der Waals surface area contributed by atoms with E-state index in [1.165, 1.54) is 6.07 Å². The largest absolute Gasteiger partial charge is 0.461 e. The van der Waals surface area contributed by atoms with E-state index >= 15 is 0 Å². The number of pyridine rings is 1. The predicted molar refractivity (Wildman–Crippen MR) is 90.1 cm³/mol. The molecule has 2 aromatic heterocycles. The van der Waals surface area contributed by atoms with Crippen LogP contribution in [-0.2, 0) is 9.53 Å². The van der Waals surface area contributed by atoms with Crippen LogP contribution in [0.25, 0.3) is 21.8 Å². The van der Waals surface area contributed by atoms with E-state index in [1.54, 1.807) is 33.0 Å². The Labute approximate surface area is 137 Å². The van der Waals surface area contributed by atoms with Crippen molar-refractivity contribution in [2.75, 3.05) is 11.9 Å². The van der Waals surface area contributed by atoms with E-state index in [4.69, 9.17) is 10.1 Å². The van der Waals surface area contributed by atoms with Gasteiger partial charge in [0.05, 0.1) is 28.7 Å². The Balaban J connectivity index is 2.19. The fraction of sp³-hybridized carbons (Fsp3) is 0.294.